The largest absolute Gasteiger partial charge is 0.336 e. The van der Waals surface area contributed by atoms with Crippen molar-refractivity contribution >= 4 is 46.5 Å². The Morgan fingerprint density at radius 3 is 2.60 bits per heavy atom. The number of aryl methyl sites for hydroxylation is 1. The summed E-state index contributed by atoms with van der Waals surface area (Å²) < 4.78 is 0. The van der Waals surface area contributed by atoms with Crippen LogP contribution in [0.4, 0.5) is 16.2 Å². The average molecular weight is 378 g/mol. The Bertz CT molecular complexity index is 793. The number of nitrogens with one attached hydrogen (secondary N) is 2. The van der Waals surface area contributed by atoms with E-state index in [9.17, 15) is 9.59 Å². The van der Waals surface area contributed by atoms with Gasteiger partial charge in [-0.3, -0.25) is 9.69 Å². The maximum absolute atomic E-state index is 12.1. The van der Waals surface area contributed by atoms with Gasteiger partial charge in [-0.15, -0.1) is 0 Å². The maximum Gasteiger partial charge on any atom is 0.321 e. The Labute approximate surface area is 155 Å². The lowest BCUT2D eigenvalue weighted by molar-refractivity contribution is -0.116. The van der Waals surface area contributed by atoms with Crippen molar-refractivity contribution in [2.45, 2.75) is 12.8 Å². The number of hydrogen-bond acceptors (Lipinski definition) is 2. The quantitative estimate of drug-likeness (QED) is 0.823. The van der Waals surface area contributed by atoms with E-state index in [1.54, 1.807) is 23.1 Å². The molecule has 0 radical (unpaired) electrons. The van der Waals surface area contributed by atoms with Crippen LogP contribution in [0.25, 0.3) is 0 Å². The molecular weight excluding hydrogens is 361 g/mol. The highest BCUT2D eigenvalue weighted by atomic mass is 35.5. The molecule has 7 heteroatoms. The fraction of sp³-hybridized carbons (Fsp3) is 0.222. The van der Waals surface area contributed by atoms with E-state index in [-0.39, 0.29) is 11.9 Å². The summed E-state index contributed by atoms with van der Waals surface area (Å²) in [7, 11) is 0. The van der Waals surface area contributed by atoms with Crippen LogP contribution in [-0.2, 0) is 11.2 Å². The van der Waals surface area contributed by atoms with Crippen molar-refractivity contribution in [2.24, 2.45) is 0 Å². The molecule has 3 amide bonds. The molecule has 0 unspecified atom stereocenters. The summed E-state index contributed by atoms with van der Waals surface area (Å²) in [5.41, 5.74) is 2.34. The predicted molar refractivity (Wildman–Crippen MR) is 101 cm³/mol. The Morgan fingerprint density at radius 1 is 1.16 bits per heavy atom. The highest BCUT2D eigenvalue weighted by Gasteiger charge is 2.20. The number of amides is 3. The van der Waals surface area contributed by atoms with E-state index in [4.69, 9.17) is 23.2 Å². The van der Waals surface area contributed by atoms with E-state index in [1.165, 1.54) is 0 Å². The summed E-state index contributed by atoms with van der Waals surface area (Å²) in [6.07, 6.45) is 0.813. The molecule has 0 aromatic heterocycles. The van der Waals surface area contributed by atoms with Crippen LogP contribution in [0, 0.1) is 0 Å². The first kappa shape index (κ1) is 17.6. The lowest BCUT2D eigenvalue weighted by Crippen LogP contribution is -2.27. The van der Waals surface area contributed by atoms with Crippen LogP contribution in [-0.4, -0.2) is 25.0 Å². The van der Waals surface area contributed by atoms with Gasteiger partial charge in [0.2, 0.25) is 5.91 Å². The second-order valence-electron chi connectivity index (χ2n) is 5.69. The number of carbonyl (C=O) groups excluding carboxylic acids is 2. The van der Waals surface area contributed by atoms with Gasteiger partial charge in [-0.05, 0) is 42.3 Å². The summed E-state index contributed by atoms with van der Waals surface area (Å²) in [5.74, 6) is -0.109. The SMILES string of the molecule is O=C(CCc1cccc(Cl)c1Cl)Nc1ccc(N2CCNC2=O)cc1. The summed E-state index contributed by atoms with van der Waals surface area (Å²) in [5, 5.41) is 6.57. The molecule has 0 bridgehead atoms. The van der Waals surface area contributed by atoms with Gasteiger partial charge in [0.15, 0.2) is 0 Å². The second kappa shape index (κ2) is 7.76. The lowest BCUT2D eigenvalue weighted by Gasteiger charge is -2.14. The number of nitrogens with zero attached hydrogens (tertiary/aromatic N) is 1. The molecule has 2 aromatic rings. The Hall–Kier alpha value is -2.24. The standard InChI is InChI=1S/C18H17Cl2N3O2/c19-15-3-1-2-12(17(15)20)4-9-16(24)22-13-5-7-14(8-6-13)23-11-10-21-18(23)25/h1-3,5-8H,4,9-11H2,(H,21,25)(H,22,24). The van der Waals surface area contributed by atoms with E-state index in [2.05, 4.69) is 10.6 Å². The molecule has 0 spiro atoms. The first-order chi connectivity index (χ1) is 12.0. The van der Waals surface area contributed by atoms with Crippen molar-refractivity contribution in [3.8, 4) is 0 Å². The zero-order valence-electron chi connectivity index (χ0n) is 13.4. The van der Waals surface area contributed by atoms with Crippen molar-refractivity contribution in [3.05, 3.63) is 58.1 Å². The molecule has 5 nitrogen and oxygen atoms in total. The van der Waals surface area contributed by atoms with E-state index in [0.29, 0.717) is 41.7 Å². The number of benzene rings is 2. The first-order valence-electron chi connectivity index (χ1n) is 7.93. The summed E-state index contributed by atoms with van der Waals surface area (Å²) in [6.45, 7) is 1.29. The van der Waals surface area contributed by atoms with Gasteiger partial charge in [0.1, 0.15) is 0 Å². The van der Waals surface area contributed by atoms with Crippen molar-refractivity contribution in [1.29, 1.82) is 0 Å². The minimum absolute atomic E-state index is 0.102. The third-order valence-electron chi connectivity index (χ3n) is 3.97. The van der Waals surface area contributed by atoms with E-state index in [1.807, 2.05) is 24.3 Å². The van der Waals surface area contributed by atoms with Crippen LogP contribution in [0.3, 0.4) is 0 Å². The smallest absolute Gasteiger partial charge is 0.321 e. The van der Waals surface area contributed by atoms with Gasteiger partial charge in [0.05, 0.1) is 10.0 Å². The predicted octanol–water partition coefficient (Wildman–Crippen LogP) is 4.09. The number of anilines is 2. The number of halogens is 2. The minimum atomic E-state index is -0.109. The number of rotatable bonds is 5. The number of hydrogen-bond donors (Lipinski definition) is 2. The third kappa shape index (κ3) is 4.24. The molecule has 2 N–H and O–H groups in total. The van der Waals surface area contributed by atoms with Crippen LogP contribution >= 0.6 is 23.2 Å². The molecular formula is C18H17Cl2N3O2. The molecule has 1 heterocycles. The summed E-state index contributed by atoms with van der Waals surface area (Å²) in [4.78, 5) is 25.4. The molecule has 1 aliphatic heterocycles. The molecule has 0 atom stereocenters. The topological polar surface area (TPSA) is 61.4 Å². The summed E-state index contributed by atoms with van der Waals surface area (Å²) in [6, 6.07) is 12.5. The third-order valence-corrected chi connectivity index (χ3v) is 4.83. The van der Waals surface area contributed by atoms with Crippen molar-refractivity contribution in [3.63, 3.8) is 0 Å². The van der Waals surface area contributed by atoms with Gasteiger partial charge in [-0.2, -0.15) is 0 Å². The summed E-state index contributed by atoms with van der Waals surface area (Å²) >= 11 is 12.1. The number of urea groups is 1. The fourth-order valence-corrected chi connectivity index (χ4v) is 3.07. The van der Waals surface area contributed by atoms with Crippen LogP contribution < -0.4 is 15.5 Å². The molecule has 130 valence electrons. The van der Waals surface area contributed by atoms with Gasteiger partial charge in [-0.25, -0.2) is 4.79 Å². The molecule has 25 heavy (non-hydrogen) atoms. The van der Waals surface area contributed by atoms with Crippen molar-refractivity contribution in [1.82, 2.24) is 5.32 Å². The highest BCUT2D eigenvalue weighted by Crippen LogP contribution is 2.26. The maximum atomic E-state index is 12.1. The normalized spacial score (nSPS) is 13.7. The molecule has 3 rings (SSSR count). The molecule has 0 aliphatic carbocycles. The average Bonchev–Trinajstić information content (AvgIpc) is 3.03. The minimum Gasteiger partial charge on any atom is -0.336 e. The monoisotopic (exact) mass is 377 g/mol. The molecule has 0 saturated carbocycles. The van der Waals surface area contributed by atoms with Crippen LogP contribution in [0.2, 0.25) is 10.0 Å². The van der Waals surface area contributed by atoms with E-state index < -0.39 is 0 Å². The van der Waals surface area contributed by atoms with Gasteiger partial charge >= 0.3 is 6.03 Å². The van der Waals surface area contributed by atoms with Crippen LogP contribution in [0.5, 0.6) is 0 Å². The Morgan fingerprint density at radius 2 is 1.92 bits per heavy atom. The Balaban J connectivity index is 1.56. The molecule has 1 aliphatic rings. The zero-order valence-corrected chi connectivity index (χ0v) is 14.9. The van der Waals surface area contributed by atoms with Gasteiger partial charge < -0.3 is 10.6 Å². The fourth-order valence-electron chi connectivity index (χ4n) is 2.66. The molecule has 2 aromatic carbocycles. The van der Waals surface area contributed by atoms with Crippen molar-refractivity contribution in [2.75, 3.05) is 23.3 Å². The van der Waals surface area contributed by atoms with Gasteiger partial charge in [0, 0.05) is 30.9 Å². The van der Waals surface area contributed by atoms with E-state index in [0.717, 1.165) is 11.3 Å². The highest BCUT2D eigenvalue weighted by molar-refractivity contribution is 6.42. The lowest BCUT2D eigenvalue weighted by atomic mass is 10.1. The van der Waals surface area contributed by atoms with Crippen LogP contribution in [0.15, 0.2) is 42.5 Å². The van der Waals surface area contributed by atoms with Crippen molar-refractivity contribution < 1.29 is 9.59 Å². The number of carbonyl (C=O) groups is 2. The van der Waals surface area contributed by atoms with Gasteiger partial charge in [-0.1, -0.05) is 35.3 Å². The Kier molecular flexibility index (Phi) is 5.46. The van der Waals surface area contributed by atoms with Crippen LogP contribution in [0.1, 0.15) is 12.0 Å². The van der Waals surface area contributed by atoms with Gasteiger partial charge in [0.25, 0.3) is 0 Å². The first-order valence-corrected chi connectivity index (χ1v) is 8.68. The zero-order chi connectivity index (χ0) is 17.8. The molecule has 1 saturated heterocycles. The molecule has 1 fully saturated rings. The second-order valence-corrected chi connectivity index (χ2v) is 6.48. The van der Waals surface area contributed by atoms with E-state index >= 15 is 0 Å².